The number of imidazole rings is 1. The molecule has 3 aromatic rings. The maximum absolute atomic E-state index is 12.6. The lowest BCUT2D eigenvalue weighted by Gasteiger charge is -2.30. The monoisotopic (exact) mass is 391 g/mol. The quantitative estimate of drug-likeness (QED) is 0.601. The third kappa shape index (κ3) is 4.99. The number of nitrogens with zero attached hydrogens (tertiary/aromatic N) is 2. The molecule has 7 nitrogen and oxygen atoms in total. The van der Waals surface area contributed by atoms with E-state index in [0.717, 1.165) is 42.3 Å². The van der Waals surface area contributed by atoms with E-state index in [1.54, 1.807) is 24.8 Å². The molecule has 29 heavy (non-hydrogen) atoms. The SMILES string of the molecule is O=C(CCc1cccnc1)N[C@@H]1CCC[C@@H](NC(=O)c2ccc3nc[nH]c3c2)C1. The van der Waals surface area contributed by atoms with Crippen LogP contribution in [0.2, 0.25) is 0 Å². The molecule has 3 N–H and O–H groups in total. The molecule has 1 aromatic carbocycles. The smallest absolute Gasteiger partial charge is 0.251 e. The fourth-order valence-electron chi connectivity index (χ4n) is 3.90. The molecule has 150 valence electrons. The van der Waals surface area contributed by atoms with Crippen molar-refractivity contribution in [2.24, 2.45) is 0 Å². The van der Waals surface area contributed by atoms with Gasteiger partial charge in [-0.2, -0.15) is 0 Å². The Balaban J connectivity index is 1.27. The van der Waals surface area contributed by atoms with Crippen LogP contribution in [0.5, 0.6) is 0 Å². The lowest BCUT2D eigenvalue weighted by Crippen LogP contribution is -2.45. The van der Waals surface area contributed by atoms with Crippen molar-refractivity contribution in [1.82, 2.24) is 25.6 Å². The summed E-state index contributed by atoms with van der Waals surface area (Å²) in [4.78, 5) is 36.2. The second kappa shape index (κ2) is 8.86. The zero-order chi connectivity index (χ0) is 20.1. The predicted octanol–water partition coefficient (Wildman–Crippen LogP) is 2.75. The first-order valence-corrected chi connectivity index (χ1v) is 10.1. The van der Waals surface area contributed by atoms with Gasteiger partial charge >= 0.3 is 0 Å². The number of nitrogens with one attached hydrogen (secondary N) is 3. The van der Waals surface area contributed by atoms with Crippen molar-refractivity contribution in [2.45, 2.75) is 50.6 Å². The van der Waals surface area contributed by atoms with Gasteiger partial charge in [-0.3, -0.25) is 14.6 Å². The largest absolute Gasteiger partial charge is 0.353 e. The average molecular weight is 391 g/mol. The molecule has 0 radical (unpaired) electrons. The number of pyridine rings is 1. The summed E-state index contributed by atoms with van der Waals surface area (Å²) in [5.74, 6) is -0.0365. The fraction of sp³-hybridized carbons (Fsp3) is 0.364. The van der Waals surface area contributed by atoms with Gasteiger partial charge in [0.15, 0.2) is 0 Å². The highest BCUT2D eigenvalue weighted by Gasteiger charge is 2.24. The minimum absolute atomic E-state index is 0.0514. The minimum atomic E-state index is -0.0879. The maximum Gasteiger partial charge on any atom is 0.251 e. The van der Waals surface area contributed by atoms with E-state index in [9.17, 15) is 9.59 Å². The predicted molar refractivity (Wildman–Crippen MR) is 110 cm³/mol. The van der Waals surface area contributed by atoms with E-state index in [2.05, 4.69) is 25.6 Å². The molecule has 0 unspecified atom stereocenters. The van der Waals surface area contributed by atoms with Crippen LogP contribution >= 0.6 is 0 Å². The van der Waals surface area contributed by atoms with Crippen LogP contribution in [0.1, 0.15) is 48.0 Å². The molecular formula is C22H25N5O2. The number of carbonyl (C=O) groups is 2. The van der Waals surface area contributed by atoms with Crippen molar-refractivity contribution in [3.05, 3.63) is 60.2 Å². The molecule has 2 aromatic heterocycles. The fourth-order valence-corrected chi connectivity index (χ4v) is 3.90. The van der Waals surface area contributed by atoms with Crippen molar-refractivity contribution < 1.29 is 9.59 Å². The molecule has 2 atom stereocenters. The van der Waals surface area contributed by atoms with E-state index in [-0.39, 0.29) is 23.9 Å². The molecule has 4 rings (SSSR count). The van der Waals surface area contributed by atoms with Gasteiger partial charge in [0.05, 0.1) is 17.4 Å². The van der Waals surface area contributed by atoms with Crippen LogP contribution in [0, 0.1) is 0 Å². The highest BCUT2D eigenvalue weighted by Crippen LogP contribution is 2.20. The van der Waals surface area contributed by atoms with Gasteiger partial charge in [0.1, 0.15) is 0 Å². The molecule has 2 heterocycles. The molecule has 1 saturated carbocycles. The van der Waals surface area contributed by atoms with E-state index in [4.69, 9.17) is 0 Å². The molecule has 2 amide bonds. The summed E-state index contributed by atoms with van der Waals surface area (Å²) in [6.07, 6.45) is 9.90. The topological polar surface area (TPSA) is 99.8 Å². The number of benzene rings is 1. The molecule has 1 aliphatic rings. The van der Waals surface area contributed by atoms with Crippen molar-refractivity contribution >= 4 is 22.8 Å². The Hall–Kier alpha value is -3.22. The number of aromatic nitrogens is 3. The van der Waals surface area contributed by atoms with Crippen LogP contribution < -0.4 is 10.6 Å². The Morgan fingerprint density at radius 2 is 2.00 bits per heavy atom. The van der Waals surface area contributed by atoms with E-state index >= 15 is 0 Å². The number of aromatic amines is 1. The van der Waals surface area contributed by atoms with Crippen LogP contribution in [0.25, 0.3) is 11.0 Å². The number of amides is 2. The second-order valence-electron chi connectivity index (χ2n) is 7.60. The summed E-state index contributed by atoms with van der Waals surface area (Å²) >= 11 is 0. The van der Waals surface area contributed by atoms with Crippen molar-refractivity contribution in [2.75, 3.05) is 0 Å². The number of carbonyl (C=O) groups excluding carboxylic acids is 2. The number of aryl methyl sites for hydroxylation is 1. The lowest BCUT2D eigenvalue weighted by atomic mass is 9.90. The van der Waals surface area contributed by atoms with Crippen LogP contribution in [0.4, 0.5) is 0 Å². The minimum Gasteiger partial charge on any atom is -0.353 e. The summed E-state index contributed by atoms with van der Waals surface area (Å²) in [5.41, 5.74) is 3.36. The van der Waals surface area contributed by atoms with Gasteiger partial charge in [-0.1, -0.05) is 6.07 Å². The summed E-state index contributed by atoms with van der Waals surface area (Å²) in [6.45, 7) is 0. The molecule has 0 bridgehead atoms. The zero-order valence-electron chi connectivity index (χ0n) is 16.2. The first-order chi connectivity index (χ1) is 14.2. The zero-order valence-corrected chi connectivity index (χ0v) is 16.2. The van der Waals surface area contributed by atoms with Crippen molar-refractivity contribution in [3.63, 3.8) is 0 Å². The van der Waals surface area contributed by atoms with Crippen LogP contribution in [-0.2, 0) is 11.2 Å². The molecule has 1 fully saturated rings. The summed E-state index contributed by atoms with van der Waals surface area (Å²) in [6, 6.07) is 9.48. The van der Waals surface area contributed by atoms with Gasteiger partial charge in [0, 0.05) is 36.5 Å². The lowest BCUT2D eigenvalue weighted by molar-refractivity contribution is -0.122. The van der Waals surface area contributed by atoms with Crippen LogP contribution in [0.3, 0.4) is 0 Å². The average Bonchev–Trinajstić information content (AvgIpc) is 3.21. The standard InChI is InChI=1S/C22H25N5O2/c28-21(9-6-15-3-2-10-23-13-15)26-17-4-1-5-18(12-17)27-22(29)16-7-8-19-20(11-16)25-14-24-19/h2-3,7-8,10-11,13-14,17-18H,1,4-6,9,12H2,(H,24,25)(H,26,28)(H,27,29)/t17-,18-/m1/s1. The molecule has 1 aliphatic carbocycles. The number of fused-ring (bicyclic) bond motifs is 1. The molecule has 0 aliphatic heterocycles. The van der Waals surface area contributed by atoms with Gasteiger partial charge in [0.25, 0.3) is 5.91 Å². The molecule has 0 spiro atoms. The summed E-state index contributed by atoms with van der Waals surface area (Å²) in [5, 5.41) is 6.25. The number of rotatable bonds is 6. The van der Waals surface area contributed by atoms with Gasteiger partial charge in [-0.05, 0) is 61.9 Å². The summed E-state index contributed by atoms with van der Waals surface area (Å²) < 4.78 is 0. The highest BCUT2D eigenvalue weighted by molar-refractivity contribution is 5.97. The van der Waals surface area contributed by atoms with E-state index in [1.807, 2.05) is 24.3 Å². The Bertz CT molecular complexity index is 985. The number of hydrogen-bond donors (Lipinski definition) is 3. The maximum atomic E-state index is 12.6. The number of H-pyrrole nitrogens is 1. The first kappa shape index (κ1) is 19.1. The van der Waals surface area contributed by atoms with Gasteiger partial charge in [-0.25, -0.2) is 4.98 Å². The Kier molecular flexibility index (Phi) is 5.84. The van der Waals surface area contributed by atoms with E-state index in [0.29, 0.717) is 18.4 Å². The van der Waals surface area contributed by atoms with Gasteiger partial charge < -0.3 is 15.6 Å². The summed E-state index contributed by atoms with van der Waals surface area (Å²) in [7, 11) is 0. The molecule has 0 saturated heterocycles. The number of hydrogen-bond acceptors (Lipinski definition) is 4. The van der Waals surface area contributed by atoms with Gasteiger partial charge in [0.2, 0.25) is 5.91 Å². The Morgan fingerprint density at radius 1 is 1.14 bits per heavy atom. The molecule has 7 heteroatoms. The van der Waals surface area contributed by atoms with Gasteiger partial charge in [-0.15, -0.1) is 0 Å². The highest BCUT2D eigenvalue weighted by atomic mass is 16.2. The van der Waals surface area contributed by atoms with E-state index in [1.165, 1.54) is 0 Å². The third-order valence-corrected chi connectivity index (χ3v) is 5.42. The normalized spacial score (nSPS) is 19.0. The van der Waals surface area contributed by atoms with Crippen LogP contribution in [-0.4, -0.2) is 38.8 Å². The Labute approximate surface area is 169 Å². The van der Waals surface area contributed by atoms with Crippen molar-refractivity contribution in [3.8, 4) is 0 Å². The first-order valence-electron chi connectivity index (χ1n) is 10.1. The Morgan fingerprint density at radius 3 is 2.83 bits per heavy atom. The van der Waals surface area contributed by atoms with Crippen LogP contribution in [0.15, 0.2) is 49.1 Å². The second-order valence-corrected chi connectivity index (χ2v) is 7.60. The van der Waals surface area contributed by atoms with E-state index < -0.39 is 0 Å². The third-order valence-electron chi connectivity index (χ3n) is 5.42. The molecular weight excluding hydrogens is 366 g/mol. The van der Waals surface area contributed by atoms with Crippen molar-refractivity contribution in [1.29, 1.82) is 0 Å².